The number of hydrogen-bond acceptors (Lipinski definition) is 3. The number of fused-ring (bicyclic) bond motifs is 3. The third-order valence-electron chi connectivity index (χ3n) is 4.67. The highest BCUT2D eigenvalue weighted by Gasteiger charge is 2.22. The summed E-state index contributed by atoms with van der Waals surface area (Å²) in [5.74, 6) is 0. The minimum Gasteiger partial charge on any atom is -0.445 e. The van der Waals surface area contributed by atoms with Crippen molar-refractivity contribution in [3.8, 4) is 11.1 Å². The molecule has 4 heteroatoms. The summed E-state index contributed by atoms with van der Waals surface area (Å²) in [6, 6.07) is 14.8. The zero-order valence-electron chi connectivity index (χ0n) is 13.0. The van der Waals surface area contributed by atoms with Crippen LogP contribution in [-0.2, 0) is 17.8 Å². The summed E-state index contributed by atoms with van der Waals surface area (Å²) in [6.07, 6.45) is 0.715. The minimum absolute atomic E-state index is 0.209. The van der Waals surface area contributed by atoms with Crippen LogP contribution >= 0.6 is 0 Å². The molecule has 2 aromatic carbocycles. The molecule has 2 aromatic rings. The van der Waals surface area contributed by atoms with Gasteiger partial charge in [0.1, 0.15) is 6.61 Å². The number of nitrogens with zero attached hydrogens (tertiary/aromatic N) is 1. The number of rotatable bonds is 2. The van der Waals surface area contributed by atoms with Crippen molar-refractivity contribution in [3.63, 3.8) is 0 Å². The lowest BCUT2D eigenvalue weighted by atomic mass is 10.0. The summed E-state index contributed by atoms with van der Waals surface area (Å²) in [5, 5.41) is 3.24. The molecule has 2 aliphatic rings. The maximum absolute atomic E-state index is 12.2. The first-order valence-corrected chi connectivity index (χ1v) is 8.14. The van der Waals surface area contributed by atoms with E-state index in [0.29, 0.717) is 6.61 Å². The Morgan fingerprint density at radius 1 is 1.04 bits per heavy atom. The molecular formula is C19H20N2O2. The second kappa shape index (κ2) is 6.05. The molecule has 0 saturated carbocycles. The van der Waals surface area contributed by atoms with Crippen LogP contribution in [0.25, 0.3) is 11.1 Å². The number of amides is 1. The van der Waals surface area contributed by atoms with Gasteiger partial charge in [-0.2, -0.15) is 0 Å². The average Bonchev–Trinajstić information content (AvgIpc) is 3.00. The Labute approximate surface area is 136 Å². The van der Waals surface area contributed by atoms with Crippen LogP contribution in [0.15, 0.2) is 42.5 Å². The number of ether oxygens (including phenoxy) is 1. The summed E-state index contributed by atoms with van der Waals surface area (Å²) < 4.78 is 5.55. The predicted octanol–water partition coefficient (Wildman–Crippen LogP) is 2.80. The quantitative estimate of drug-likeness (QED) is 0.791. The van der Waals surface area contributed by atoms with Gasteiger partial charge in [0.15, 0.2) is 0 Å². The van der Waals surface area contributed by atoms with Gasteiger partial charge < -0.3 is 15.0 Å². The fourth-order valence-electron chi connectivity index (χ4n) is 3.44. The Hall–Kier alpha value is -2.33. The zero-order valence-corrected chi connectivity index (χ0v) is 13.0. The molecule has 4 nitrogen and oxygen atoms in total. The molecule has 0 bridgehead atoms. The molecule has 0 aromatic heterocycles. The Bertz CT molecular complexity index is 736. The van der Waals surface area contributed by atoms with Crippen LogP contribution in [0.3, 0.4) is 0 Å². The monoisotopic (exact) mass is 308 g/mol. The summed E-state index contributed by atoms with van der Waals surface area (Å²) in [5.41, 5.74) is 6.33. The van der Waals surface area contributed by atoms with Gasteiger partial charge >= 0.3 is 6.09 Å². The molecule has 1 fully saturated rings. The summed E-state index contributed by atoms with van der Waals surface area (Å²) in [4.78, 5) is 13.9. The van der Waals surface area contributed by atoms with Crippen LogP contribution in [-0.4, -0.2) is 37.2 Å². The van der Waals surface area contributed by atoms with Crippen LogP contribution in [0.1, 0.15) is 16.7 Å². The number of carbonyl (C=O) groups excluding carboxylic acids is 1. The highest BCUT2D eigenvalue weighted by Crippen LogP contribution is 2.38. The van der Waals surface area contributed by atoms with Crippen molar-refractivity contribution in [2.24, 2.45) is 0 Å². The van der Waals surface area contributed by atoms with E-state index >= 15 is 0 Å². The lowest BCUT2D eigenvalue weighted by Gasteiger charge is -2.26. The standard InChI is InChI=1S/C19H20N2O2/c22-19(21-10-8-20-9-11-21)23-13-15-5-3-7-17-16-6-2-1-4-14(16)12-18(15)17/h1-7,20H,8-13H2. The zero-order chi connectivity index (χ0) is 15.6. The lowest BCUT2D eigenvalue weighted by molar-refractivity contribution is 0.0917. The average molecular weight is 308 g/mol. The first-order chi connectivity index (χ1) is 11.3. The predicted molar refractivity (Wildman–Crippen MR) is 89.3 cm³/mol. The van der Waals surface area contributed by atoms with Gasteiger partial charge in [0.2, 0.25) is 0 Å². The van der Waals surface area contributed by atoms with E-state index in [1.807, 2.05) is 0 Å². The molecule has 0 radical (unpaired) electrons. The molecule has 1 amide bonds. The Kier molecular flexibility index (Phi) is 3.75. The molecule has 0 spiro atoms. The number of piperazine rings is 1. The number of nitrogens with one attached hydrogen (secondary N) is 1. The van der Waals surface area contributed by atoms with Crippen molar-refractivity contribution in [2.75, 3.05) is 26.2 Å². The van der Waals surface area contributed by atoms with Crippen LogP contribution in [0, 0.1) is 0 Å². The van der Waals surface area contributed by atoms with Crippen molar-refractivity contribution in [2.45, 2.75) is 13.0 Å². The van der Waals surface area contributed by atoms with E-state index in [-0.39, 0.29) is 6.09 Å². The van der Waals surface area contributed by atoms with E-state index in [2.05, 4.69) is 47.8 Å². The topological polar surface area (TPSA) is 41.6 Å². The summed E-state index contributed by atoms with van der Waals surface area (Å²) >= 11 is 0. The Morgan fingerprint density at radius 2 is 1.83 bits per heavy atom. The van der Waals surface area contributed by atoms with Crippen LogP contribution in [0.5, 0.6) is 0 Å². The Balaban J connectivity index is 1.50. The van der Waals surface area contributed by atoms with Crippen molar-refractivity contribution in [1.29, 1.82) is 0 Å². The van der Waals surface area contributed by atoms with Gasteiger partial charge in [-0.05, 0) is 34.2 Å². The lowest BCUT2D eigenvalue weighted by Crippen LogP contribution is -2.46. The van der Waals surface area contributed by atoms with Gasteiger partial charge in [-0.1, -0.05) is 42.5 Å². The van der Waals surface area contributed by atoms with E-state index in [0.717, 1.165) is 38.2 Å². The van der Waals surface area contributed by atoms with E-state index in [4.69, 9.17) is 4.74 Å². The summed E-state index contributed by atoms with van der Waals surface area (Å²) in [6.45, 7) is 3.46. The molecule has 1 heterocycles. The molecular weight excluding hydrogens is 288 g/mol. The molecule has 1 saturated heterocycles. The fraction of sp³-hybridized carbons (Fsp3) is 0.316. The molecule has 1 aliphatic carbocycles. The van der Waals surface area contributed by atoms with E-state index in [9.17, 15) is 4.79 Å². The van der Waals surface area contributed by atoms with Crippen molar-refractivity contribution >= 4 is 6.09 Å². The van der Waals surface area contributed by atoms with Crippen molar-refractivity contribution < 1.29 is 9.53 Å². The van der Waals surface area contributed by atoms with E-state index in [1.54, 1.807) is 4.90 Å². The maximum Gasteiger partial charge on any atom is 0.410 e. The van der Waals surface area contributed by atoms with Crippen LogP contribution in [0.4, 0.5) is 4.79 Å². The Morgan fingerprint density at radius 3 is 2.70 bits per heavy atom. The SMILES string of the molecule is O=C(OCc1cccc2c1Cc1ccccc1-2)N1CCNCC1. The van der Waals surface area contributed by atoms with E-state index < -0.39 is 0 Å². The largest absolute Gasteiger partial charge is 0.445 e. The summed E-state index contributed by atoms with van der Waals surface area (Å²) in [7, 11) is 0. The van der Waals surface area contributed by atoms with Crippen LogP contribution in [0.2, 0.25) is 0 Å². The van der Waals surface area contributed by atoms with Gasteiger partial charge in [0.25, 0.3) is 0 Å². The highest BCUT2D eigenvalue weighted by atomic mass is 16.6. The normalized spacial score (nSPS) is 15.9. The molecule has 23 heavy (non-hydrogen) atoms. The second-order valence-electron chi connectivity index (χ2n) is 6.07. The fourth-order valence-corrected chi connectivity index (χ4v) is 3.44. The van der Waals surface area contributed by atoms with Crippen molar-refractivity contribution in [3.05, 3.63) is 59.2 Å². The molecule has 0 unspecified atom stereocenters. The third kappa shape index (κ3) is 2.70. The minimum atomic E-state index is -0.209. The number of benzene rings is 2. The second-order valence-corrected chi connectivity index (χ2v) is 6.07. The molecule has 0 atom stereocenters. The molecule has 118 valence electrons. The van der Waals surface area contributed by atoms with Gasteiger partial charge in [0.05, 0.1) is 0 Å². The molecule has 1 N–H and O–H groups in total. The van der Waals surface area contributed by atoms with Crippen molar-refractivity contribution in [1.82, 2.24) is 10.2 Å². The third-order valence-corrected chi connectivity index (χ3v) is 4.67. The smallest absolute Gasteiger partial charge is 0.410 e. The molecule has 1 aliphatic heterocycles. The van der Waals surface area contributed by atoms with Gasteiger partial charge in [-0.25, -0.2) is 4.79 Å². The van der Waals surface area contributed by atoms with Crippen LogP contribution < -0.4 is 5.32 Å². The van der Waals surface area contributed by atoms with Gasteiger partial charge in [-0.3, -0.25) is 0 Å². The highest BCUT2D eigenvalue weighted by molar-refractivity contribution is 5.78. The first kappa shape index (κ1) is 14.3. The molecule has 4 rings (SSSR count). The van der Waals surface area contributed by atoms with E-state index in [1.165, 1.54) is 22.3 Å². The van der Waals surface area contributed by atoms with Gasteiger partial charge in [0, 0.05) is 26.2 Å². The first-order valence-electron chi connectivity index (χ1n) is 8.14. The maximum atomic E-state index is 12.2. The number of hydrogen-bond donors (Lipinski definition) is 1. The van der Waals surface area contributed by atoms with Gasteiger partial charge in [-0.15, -0.1) is 0 Å². The number of carbonyl (C=O) groups is 1.